The summed E-state index contributed by atoms with van der Waals surface area (Å²) < 4.78 is 18.7. The van der Waals surface area contributed by atoms with Crippen LogP contribution in [0, 0.1) is 15.9 Å². The van der Waals surface area contributed by atoms with Gasteiger partial charge < -0.3 is 9.32 Å². The second-order valence-corrected chi connectivity index (χ2v) is 4.32. The van der Waals surface area contributed by atoms with Gasteiger partial charge in [-0.1, -0.05) is 0 Å². The van der Waals surface area contributed by atoms with Crippen molar-refractivity contribution < 1.29 is 18.5 Å². The van der Waals surface area contributed by atoms with Crippen LogP contribution in [-0.2, 0) is 6.54 Å². The first-order valence-corrected chi connectivity index (χ1v) is 6.28. The summed E-state index contributed by atoms with van der Waals surface area (Å²) in [6.07, 6.45) is 1.50. The molecule has 0 fully saturated rings. The van der Waals surface area contributed by atoms with Crippen molar-refractivity contribution in [3.05, 3.63) is 63.9 Å². The summed E-state index contributed by atoms with van der Waals surface area (Å²) in [5.74, 6) is -0.838. The molecule has 0 unspecified atom stereocenters. The number of hydrogen-bond donors (Lipinski definition) is 0. The van der Waals surface area contributed by atoms with E-state index in [0.29, 0.717) is 12.3 Å². The Kier molecular flexibility index (Phi) is 4.32. The lowest BCUT2D eigenvalue weighted by Crippen LogP contribution is -2.30. The molecule has 2 rings (SSSR count). The van der Waals surface area contributed by atoms with E-state index in [1.807, 2.05) is 0 Å². The van der Waals surface area contributed by atoms with Crippen molar-refractivity contribution in [3.63, 3.8) is 0 Å². The lowest BCUT2D eigenvalue weighted by Gasteiger charge is -2.19. The molecule has 0 atom stereocenters. The number of nitro groups is 1. The van der Waals surface area contributed by atoms with E-state index in [1.165, 1.54) is 17.2 Å². The number of benzene rings is 1. The van der Waals surface area contributed by atoms with E-state index in [0.717, 1.165) is 12.1 Å². The van der Waals surface area contributed by atoms with Gasteiger partial charge in [0.2, 0.25) is 5.82 Å². The highest BCUT2D eigenvalue weighted by molar-refractivity contribution is 5.94. The predicted molar refractivity (Wildman–Crippen MR) is 72.2 cm³/mol. The zero-order valence-electron chi connectivity index (χ0n) is 11.3. The number of furan rings is 1. The van der Waals surface area contributed by atoms with E-state index < -0.39 is 22.3 Å². The molecule has 1 amide bonds. The number of hydrogen-bond acceptors (Lipinski definition) is 4. The zero-order valence-corrected chi connectivity index (χ0v) is 11.3. The lowest BCUT2D eigenvalue weighted by atomic mass is 10.1. The molecule has 0 N–H and O–H groups in total. The van der Waals surface area contributed by atoms with Crippen LogP contribution >= 0.6 is 0 Å². The molecule has 0 spiro atoms. The van der Waals surface area contributed by atoms with Crippen LogP contribution in [-0.4, -0.2) is 22.3 Å². The summed E-state index contributed by atoms with van der Waals surface area (Å²) in [6.45, 7) is 2.43. The Morgan fingerprint density at radius 3 is 2.71 bits per heavy atom. The van der Waals surface area contributed by atoms with E-state index >= 15 is 0 Å². The van der Waals surface area contributed by atoms with Gasteiger partial charge in [-0.3, -0.25) is 14.9 Å². The molecule has 110 valence electrons. The third-order valence-electron chi connectivity index (χ3n) is 2.99. The summed E-state index contributed by atoms with van der Waals surface area (Å²) in [6, 6.07) is 6.55. The fraction of sp³-hybridized carbons (Fsp3) is 0.214. The van der Waals surface area contributed by atoms with Crippen LogP contribution in [0.3, 0.4) is 0 Å². The van der Waals surface area contributed by atoms with Crippen LogP contribution in [0.5, 0.6) is 0 Å². The van der Waals surface area contributed by atoms with Crippen LogP contribution < -0.4 is 0 Å². The first-order valence-electron chi connectivity index (χ1n) is 6.28. The van der Waals surface area contributed by atoms with Crippen LogP contribution in [0.2, 0.25) is 0 Å². The van der Waals surface area contributed by atoms with Crippen molar-refractivity contribution in [1.82, 2.24) is 4.90 Å². The van der Waals surface area contributed by atoms with Crippen LogP contribution in [0.1, 0.15) is 23.0 Å². The van der Waals surface area contributed by atoms with Crippen LogP contribution in [0.25, 0.3) is 0 Å². The molecule has 7 heteroatoms. The average molecular weight is 292 g/mol. The molecule has 1 aromatic heterocycles. The monoisotopic (exact) mass is 292 g/mol. The van der Waals surface area contributed by atoms with Gasteiger partial charge in [-0.25, -0.2) is 0 Å². The average Bonchev–Trinajstić information content (AvgIpc) is 2.96. The lowest BCUT2D eigenvalue weighted by molar-refractivity contribution is -0.387. The fourth-order valence-corrected chi connectivity index (χ4v) is 1.89. The Labute approximate surface area is 119 Å². The Bertz CT molecular complexity index is 655. The molecule has 0 bridgehead atoms. The van der Waals surface area contributed by atoms with Crippen LogP contribution in [0.15, 0.2) is 41.0 Å². The maximum Gasteiger partial charge on any atom is 0.304 e. The summed E-state index contributed by atoms with van der Waals surface area (Å²) in [5, 5.41) is 10.6. The summed E-state index contributed by atoms with van der Waals surface area (Å²) in [5.41, 5.74) is -0.591. The number of nitro benzene ring substituents is 1. The van der Waals surface area contributed by atoms with Gasteiger partial charge in [-0.15, -0.1) is 0 Å². The van der Waals surface area contributed by atoms with Crippen molar-refractivity contribution in [2.45, 2.75) is 13.5 Å². The van der Waals surface area contributed by atoms with E-state index in [2.05, 4.69) is 0 Å². The molecule has 0 saturated carbocycles. The summed E-state index contributed by atoms with van der Waals surface area (Å²) >= 11 is 0. The van der Waals surface area contributed by atoms with E-state index in [-0.39, 0.29) is 12.1 Å². The Morgan fingerprint density at radius 1 is 1.43 bits per heavy atom. The number of amides is 1. The van der Waals surface area contributed by atoms with Crippen LogP contribution in [0.4, 0.5) is 10.1 Å². The largest absolute Gasteiger partial charge is 0.467 e. The third-order valence-corrected chi connectivity index (χ3v) is 2.99. The maximum absolute atomic E-state index is 13.6. The molecule has 6 nitrogen and oxygen atoms in total. The number of carbonyl (C=O) groups excluding carboxylic acids is 1. The summed E-state index contributed by atoms with van der Waals surface area (Å²) in [7, 11) is 0. The quantitative estimate of drug-likeness (QED) is 0.627. The molecular formula is C14H13FN2O4. The Hall–Kier alpha value is -2.70. The van der Waals surface area contributed by atoms with Gasteiger partial charge in [0.1, 0.15) is 5.76 Å². The molecule has 2 aromatic rings. The highest BCUT2D eigenvalue weighted by Gasteiger charge is 2.20. The van der Waals surface area contributed by atoms with Gasteiger partial charge in [0.25, 0.3) is 5.91 Å². The van der Waals surface area contributed by atoms with Crippen molar-refractivity contribution in [3.8, 4) is 0 Å². The molecule has 0 aliphatic heterocycles. The smallest absolute Gasteiger partial charge is 0.304 e. The highest BCUT2D eigenvalue weighted by Crippen LogP contribution is 2.19. The van der Waals surface area contributed by atoms with E-state index in [4.69, 9.17) is 4.42 Å². The van der Waals surface area contributed by atoms with E-state index in [9.17, 15) is 19.3 Å². The topological polar surface area (TPSA) is 76.6 Å². The Balaban J connectivity index is 2.21. The van der Waals surface area contributed by atoms with Gasteiger partial charge in [0, 0.05) is 18.2 Å². The Morgan fingerprint density at radius 2 is 2.19 bits per heavy atom. The highest BCUT2D eigenvalue weighted by atomic mass is 19.1. The number of halogens is 1. The minimum atomic E-state index is -1.03. The molecule has 21 heavy (non-hydrogen) atoms. The number of rotatable bonds is 5. The molecule has 0 aliphatic carbocycles. The minimum absolute atomic E-state index is 0.0616. The standard InChI is InChI=1S/C14H13FN2O4/c1-2-16(9-11-4-3-7-21-11)14(18)10-5-6-13(17(19)20)12(15)8-10/h3-8H,2,9H2,1H3. The molecule has 0 aliphatic rings. The normalized spacial score (nSPS) is 10.4. The summed E-state index contributed by atoms with van der Waals surface area (Å²) in [4.78, 5) is 23.5. The van der Waals surface area contributed by atoms with Crippen molar-refractivity contribution in [2.24, 2.45) is 0 Å². The predicted octanol–water partition coefficient (Wildman–Crippen LogP) is 2.99. The molecule has 1 heterocycles. The first kappa shape index (κ1) is 14.7. The van der Waals surface area contributed by atoms with Gasteiger partial charge >= 0.3 is 5.69 Å². The maximum atomic E-state index is 13.6. The van der Waals surface area contributed by atoms with Gasteiger partial charge in [0.05, 0.1) is 17.7 Å². The van der Waals surface area contributed by atoms with Gasteiger partial charge in [-0.05, 0) is 31.2 Å². The van der Waals surface area contributed by atoms with Gasteiger partial charge in [0.15, 0.2) is 0 Å². The van der Waals surface area contributed by atoms with E-state index in [1.54, 1.807) is 19.1 Å². The zero-order chi connectivity index (χ0) is 15.4. The minimum Gasteiger partial charge on any atom is -0.467 e. The SMILES string of the molecule is CCN(Cc1ccco1)C(=O)c1ccc([N+](=O)[O-])c(F)c1. The van der Waals surface area contributed by atoms with Crippen molar-refractivity contribution in [2.75, 3.05) is 6.54 Å². The fourth-order valence-electron chi connectivity index (χ4n) is 1.89. The third kappa shape index (κ3) is 3.25. The van der Waals surface area contributed by atoms with Gasteiger partial charge in [-0.2, -0.15) is 4.39 Å². The molecule has 0 saturated heterocycles. The molecule has 1 aromatic carbocycles. The first-order chi connectivity index (χ1) is 10.0. The number of carbonyl (C=O) groups is 1. The van der Waals surface area contributed by atoms with Crippen molar-refractivity contribution in [1.29, 1.82) is 0 Å². The molecule has 0 radical (unpaired) electrons. The number of nitrogens with zero attached hydrogens (tertiary/aromatic N) is 2. The van der Waals surface area contributed by atoms with Crippen molar-refractivity contribution >= 4 is 11.6 Å². The second-order valence-electron chi connectivity index (χ2n) is 4.32. The second kappa shape index (κ2) is 6.17. The molecular weight excluding hydrogens is 279 g/mol.